The summed E-state index contributed by atoms with van der Waals surface area (Å²) in [6, 6.07) is 0. The van der Waals surface area contributed by atoms with E-state index in [1.54, 1.807) is 0 Å². The maximum Gasteiger partial charge on any atom is 0.429 e. The summed E-state index contributed by atoms with van der Waals surface area (Å²) in [5.74, 6) is -1.54. The smallest absolute Gasteiger partial charge is 0.429 e. The first-order valence-corrected chi connectivity index (χ1v) is 2.62. The molecule has 0 fully saturated rings. The highest BCUT2D eigenvalue weighted by atomic mass is 19.4. The van der Waals surface area contributed by atoms with E-state index in [0.717, 1.165) is 7.05 Å². The van der Waals surface area contributed by atoms with Crippen molar-refractivity contribution in [2.45, 2.75) is 12.6 Å². The van der Waals surface area contributed by atoms with Gasteiger partial charge in [0.2, 0.25) is 0 Å². The maximum absolute atomic E-state index is 11.7. The van der Waals surface area contributed by atoms with Gasteiger partial charge in [0.1, 0.15) is 5.71 Å². The highest BCUT2D eigenvalue weighted by molar-refractivity contribution is 6.01. The normalized spacial score (nSPS) is 13.3. The van der Waals surface area contributed by atoms with Crippen LogP contribution in [0.2, 0.25) is 0 Å². The second-order valence-corrected chi connectivity index (χ2v) is 1.74. The lowest BCUT2D eigenvalue weighted by molar-refractivity contribution is -0.136. The van der Waals surface area contributed by atoms with E-state index in [2.05, 4.69) is 4.99 Å². The van der Waals surface area contributed by atoms with Gasteiger partial charge in [-0.25, -0.2) is 0 Å². The van der Waals surface area contributed by atoms with Crippen LogP contribution in [0.4, 0.5) is 13.2 Å². The van der Waals surface area contributed by atoms with E-state index in [4.69, 9.17) is 5.11 Å². The number of carboxylic acid groups (broad SMARTS) is 1. The molecule has 0 saturated carbocycles. The fourth-order valence-corrected chi connectivity index (χ4v) is 0.449. The lowest BCUT2D eigenvalue weighted by Gasteiger charge is -2.06. The van der Waals surface area contributed by atoms with Gasteiger partial charge in [0.15, 0.2) is 0 Å². The summed E-state index contributed by atoms with van der Waals surface area (Å²) >= 11 is 0. The Balaban J connectivity index is 4.33. The first-order valence-electron chi connectivity index (χ1n) is 2.62. The molecule has 0 atom stereocenters. The largest absolute Gasteiger partial charge is 0.481 e. The van der Waals surface area contributed by atoms with Gasteiger partial charge in [-0.15, -0.1) is 0 Å². The molecule has 0 unspecified atom stereocenters. The van der Waals surface area contributed by atoms with Crippen LogP contribution in [-0.4, -0.2) is 30.0 Å². The topological polar surface area (TPSA) is 49.7 Å². The van der Waals surface area contributed by atoms with E-state index in [-0.39, 0.29) is 0 Å². The van der Waals surface area contributed by atoms with Gasteiger partial charge < -0.3 is 5.11 Å². The zero-order chi connectivity index (χ0) is 9.07. The summed E-state index contributed by atoms with van der Waals surface area (Å²) < 4.78 is 35.1. The van der Waals surface area contributed by atoms with Crippen molar-refractivity contribution in [2.75, 3.05) is 7.05 Å². The molecule has 3 nitrogen and oxygen atoms in total. The fourth-order valence-electron chi connectivity index (χ4n) is 0.449. The lowest BCUT2D eigenvalue weighted by atomic mass is 10.2. The van der Waals surface area contributed by atoms with Gasteiger partial charge in [0, 0.05) is 7.05 Å². The molecule has 0 aliphatic rings. The van der Waals surface area contributed by atoms with Crippen LogP contribution in [0, 0.1) is 0 Å². The predicted molar refractivity (Wildman–Crippen MR) is 31.7 cm³/mol. The minimum atomic E-state index is -4.63. The van der Waals surface area contributed by atoms with Gasteiger partial charge in [-0.3, -0.25) is 9.79 Å². The van der Waals surface area contributed by atoms with Crippen LogP contribution in [-0.2, 0) is 4.79 Å². The minimum absolute atomic E-state index is 0.908. The van der Waals surface area contributed by atoms with Crippen molar-refractivity contribution in [2.24, 2.45) is 4.99 Å². The first kappa shape index (κ1) is 9.93. The van der Waals surface area contributed by atoms with Crippen LogP contribution < -0.4 is 0 Å². The van der Waals surface area contributed by atoms with Gasteiger partial charge in [-0.1, -0.05) is 0 Å². The van der Waals surface area contributed by atoms with Gasteiger partial charge >= 0.3 is 12.1 Å². The summed E-state index contributed by atoms with van der Waals surface area (Å²) in [5.41, 5.74) is -1.27. The number of carbonyl (C=O) groups is 1. The van der Waals surface area contributed by atoms with Crippen molar-refractivity contribution < 1.29 is 23.1 Å². The molecule has 0 aromatic rings. The van der Waals surface area contributed by atoms with Crippen LogP contribution in [0.25, 0.3) is 0 Å². The zero-order valence-electron chi connectivity index (χ0n) is 5.64. The summed E-state index contributed by atoms with van der Waals surface area (Å²) in [6.45, 7) is 0. The molecule has 0 aromatic heterocycles. The van der Waals surface area contributed by atoms with E-state index in [9.17, 15) is 18.0 Å². The minimum Gasteiger partial charge on any atom is -0.481 e. The van der Waals surface area contributed by atoms with Crippen molar-refractivity contribution >= 4 is 11.7 Å². The number of rotatable bonds is 2. The molecule has 1 N–H and O–H groups in total. The standard InChI is InChI=1S/C5H6F3NO2/c1-9-3(2-4(10)11)5(6,7)8/h2H2,1H3,(H,10,11). The molecule has 11 heavy (non-hydrogen) atoms. The van der Waals surface area contributed by atoms with E-state index in [1.165, 1.54) is 0 Å². The maximum atomic E-state index is 11.7. The summed E-state index contributed by atoms with van der Waals surface area (Å²) in [7, 11) is 0.908. The second-order valence-electron chi connectivity index (χ2n) is 1.74. The van der Waals surface area contributed by atoms with Crippen LogP contribution in [0.1, 0.15) is 6.42 Å². The number of hydrogen-bond acceptors (Lipinski definition) is 2. The third-order valence-electron chi connectivity index (χ3n) is 0.916. The molecule has 64 valence electrons. The van der Waals surface area contributed by atoms with E-state index in [0.29, 0.717) is 0 Å². The average molecular weight is 169 g/mol. The Kier molecular flexibility index (Phi) is 3.03. The van der Waals surface area contributed by atoms with Crippen LogP contribution in [0.3, 0.4) is 0 Å². The number of hydrogen-bond donors (Lipinski definition) is 1. The van der Waals surface area contributed by atoms with Crippen molar-refractivity contribution in [3.63, 3.8) is 0 Å². The highest BCUT2D eigenvalue weighted by Gasteiger charge is 2.36. The Morgan fingerprint density at radius 2 is 2.00 bits per heavy atom. The molecule has 6 heteroatoms. The Hall–Kier alpha value is -1.07. The van der Waals surface area contributed by atoms with Crippen LogP contribution in [0.5, 0.6) is 0 Å². The first-order chi connectivity index (χ1) is 4.88. The van der Waals surface area contributed by atoms with Gasteiger partial charge in [0.25, 0.3) is 0 Å². The Bertz CT molecular complexity index is 185. The number of aliphatic carboxylic acids is 1. The Labute approximate surface area is 60.5 Å². The van der Waals surface area contributed by atoms with E-state index >= 15 is 0 Å². The third-order valence-corrected chi connectivity index (χ3v) is 0.916. The molecule has 0 aromatic carbocycles. The lowest BCUT2D eigenvalue weighted by Crippen LogP contribution is -2.25. The number of halogens is 3. The molecule has 0 heterocycles. The molecule has 0 radical (unpaired) electrons. The van der Waals surface area contributed by atoms with Gasteiger partial charge in [-0.2, -0.15) is 13.2 Å². The highest BCUT2D eigenvalue weighted by Crippen LogP contribution is 2.18. The van der Waals surface area contributed by atoms with Gasteiger partial charge in [-0.05, 0) is 0 Å². The zero-order valence-corrected chi connectivity index (χ0v) is 5.64. The molecule has 0 rings (SSSR count). The van der Waals surface area contributed by atoms with Crippen molar-refractivity contribution in [3.05, 3.63) is 0 Å². The predicted octanol–water partition coefficient (Wildman–Crippen LogP) is 1.09. The molecule has 0 saturated heterocycles. The number of nitrogens with zero attached hydrogens (tertiary/aromatic N) is 1. The Morgan fingerprint density at radius 1 is 1.55 bits per heavy atom. The SMILES string of the molecule is CN=C(CC(=O)O)C(F)(F)F. The molecule has 0 bridgehead atoms. The monoisotopic (exact) mass is 169 g/mol. The molecule has 0 spiro atoms. The van der Waals surface area contributed by atoms with E-state index in [1.807, 2.05) is 0 Å². The number of carboxylic acids is 1. The van der Waals surface area contributed by atoms with Crippen molar-refractivity contribution in [1.82, 2.24) is 0 Å². The van der Waals surface area contributed by atoms with Gasteiger partial charge in [0.05, 0.1) is 6.42 Å². The fraction of sp³-hybridized carbons (Fsp3) is 0.600. The molecule has 0 aliphatic carbocycles. The number of aliphatic imine (C=N–C) groups is 1. The van der Waals surface area contributed by atoms with Crippen molar-refractivity contribution in [3.8, 4) is 0 Å². The second kappa shape index (κ2) is 3.36. The van der Waals surface area contributed by atoms with Crippen LogP contribution in [0.15, 0.2) is 4.99 Å². The summed E-state index contributed by atoms with van der Waals surface area (Å²) in [6.07, 6.45) is -5.72. The summed E-state index contributed by atoms with van der Waals surface area (Å²) in [4.78, 5) is 12.6. The molecular weight excluding hydrogens is 163 g/mol. The van der Waals surface area contributed by atoms with E-state index < -0.39 is 24.3 Å². The molecular formula is C5H6F3NO2. The molecule has 0 amide bonds. The van der Waals surface area contributed by atoms with Crippen LogP contribution >= 0.6 is 0 Å². The quantitative estimate of drug-likeness (QED) is 0.629. The third kappa shape index (κ3) is 3.59. The molecule has 0 aliphatic heterocycles. The van der Waals surface area contributed by atoms with Crippen molar-refractivity contribution in [1.29, 1.82) is 0 Å². The number of alkyl halides is 3. The average Bonchev–Trinajstić information content (AvgIpc) is 1.79. The summed E-state index contributed by atoms with van der Waals surface area (Å²) in [5, 5.41) is 8.00. The Morgan fingerprint density at radius 3 is 2.09 bits per heavy atom.